The maximum atomic E-state index is 12.8. The minimum Gasteiger partial charge on any atom is -0.342 e. The van der Waals surface area contributed by atoms with Crippen molar-refractivity contribution in [3.8, 4) is 0 Å². The van der Waals surface area contributed by atoms with Crippen molar-refractivity contribution >= 4 is 39.9 Å². The highest BCUT2D eigenvalue weighted by atomic mass is 35.5. The summed E-state index contributed by atoms with van der Waals surface area (Å²) < 4.78 is 0. The molecule has 26 heavy (non-hydrogen) atoms. The van der Waals surface area contributed by atoms with Gasteiger partial charge in [-0.3, -0.25) is 9.59 Å². The molecule has 2 unspecified atom stereocenters. The number of nitrogens with one attached hydrogen (secondary N) is 1. The van der Waals surface area contributed by atoms with Gasteiger partial charge in [-0.1, -0.05) is 29.8 Å². The van der Waals surface area contributed by atoms with Crippen LogP contribution in [0.5, 0.6) is 0 Å². The lowest BCUT2D eigenvalue weighted by molar-refractivity contribution is -0.135. The third-order valence-corrected chi connectivity index (χ3v) is 6.28. The lowest BCUT2D eigenvalue weighted by Crippen LogP contribution is -2.42. The molecule has 5 nitrogen and oxygen atoms in total. The van der Waals surface area contributed by atoms with Gasteiger partial charge in [0.25, 0.3) is 0 Å². The molecular weight excluding hydrogens is 370 g/mol. The number of hydrogen-bond acceptors (Lipinski definition) is 4. The Morgan fingerprint density at radius 1 is 1.23 bits per heavy atom. The summed E-state index contributed by atoms with van der Waals surface area (Å²) >= 11 is 7.67. The quantitative estimate of drug-likeness (QED) is 0.865. The molecule has 4 rings (SSSR count). The van der Waals surface area contributed by atoms with Crippen LogP contribution in [0.1, 0.15) is 30.7 Å². The first-order valence-corrected chi connectivity index (χ1v) is 10.1. The SMILES string of the molecule is O=C(Nc1nccs1)C1CCN(C(=O)C2CC2c2ccccc2Cl)CC1. The molecule has 2 amide bonds. The number of piperidine rings is 1. The van der Waals surface area contributed by atoms with Gasteiger partial charge in [-0.2, -0.15) is 0 Å². The zero-order valence-corrected chi connectivity index (χ0v) is 15.8. The highest BCUT2D eigenvalue weighted by Crippen LogP contribution is 2.50. The summed E-state index contributed by atoms with van der Waals surface area (Å²) in [5.74, 6) is 0.431. The third-order valence-electron chi connectivity index (χ3n) is 5.25. The van der Waals surface area contributed by atoms with E-state index in [1.807, 2.05) is 34.5 Å². The Bertz CT molecular complexity index is 803. The Balaban J connectivity index is 1.29. The first kappa shape index (κ1) is 17.5. The molecule has 2 heterocycles. The van der Waals surface area contributed by atoms with E-state index in [0.717, 1.165) is 17.0 Å². The summed E-state index contributed by atoms with van der Waals surface area (Å²) in [5, 5.41) is 6.07. The van der Waals surface area contributed by atoms with Gasteiger partial charge >= 0.3 is 0 Å². The molecule has 2 fully saturated rings. The van der Waals surface area contributed by atoms with Crippen molar-refractivity contribution in [3.63, 3.8) is 0 Å². The van der Waals surface area contributed by atoms with Gasteiger partial charge in [0.15, 0.2) is 5.13 Å². The second kappa shape index (κ2) is 7.37. The van der Waals surface area contributed by atoms with Crippen LogP contribution in [0, 0.1) is 11.8 Å². The highest BCUT2D eigenvalue weighted by molar-refractivity contribution is 7.13. The number of amides is 2. The van der Waals surface area contributed by atoms with E-state index in [2.05, 4.69) is 10.3 Å². The Morgan fingerprint density at radius 2 is 2.00 bits per heavy atom. The molecule has 1 aliphatic carbocycles. The van der Waals surface area contributed by atoms with Gasteiger partial charge in [0.1, 0.15) is 0 Å². The van der Waals surface area contributed by atoms with E-state index in [-0.39, 0.29) is 29.6 Å². The van der Waals surface area contributed by atoms with E-state index in [1.165, 1.54) is 11.3 Å². The van der Waals surface area contributed by atoms with Crippen molar-refractivity contribution in [1.29, 1.82) is 0 Å². The van der Waals surface area contributed by atoms with Gasteiger partial charge in [0.2, 0.25) is 11.8 Å². The smallest absolute Gasteiger partial charge is 0.229 e. The van der Waals surface area contributed by atoms with Crippen molar-refractivity contribution in [3.05, 3.63) is 46.4 Å². The largest absolute Gasteiger partial charge is 0.342 e. The third kappa shape index (κ3) is 3.62. The molecule has 0 bridgehead atoms. The molecule has 1 aromatic carbocycles. The molecule has 1 N–H and O–H groups in total. The Labute approximate surface area is 161 Å². The number of hydrogen-bond donors (Lipinski definition) is 1. The molecule has 1 saturated carbocycles. The van der Waals surface area contributed by atoms with E-state index in [0.29, 0.717) is 31.1 Å². The second-order valence-corrected chi connectivity index (χ2v) is 8.20. The standard InChI is InChI=1S/C19H20ClN3O2S/c20-16-4-2-1-3-13(16)14-11-15(14)18(25)23-8-5-12(6-9-23)17(24)22-19-21-7-10-26-19/h1-4,7,10,12,14-15H,5-6,8-9,11H2,(H,21,22,24). The fraction of sp³-hybridized carbons (Fsp3) is 0.421. The van der Waals surface area contributed by atoms with Crippen LogP contribution in [0.25, 0.3) is 0 Å². The average molecular weight is 390 g/mol. The summed E-state index contributed by atoms with van der Waals surface area (Å²) in [6.45, 7) is 1.28. The number of anilines is 1. The predicted molar refractivity (Wildman–Crippen MR) is 102 cm³/mol. The Kier molecular flexibility index (Phi) is 4.96. The number of carbonyl (C=O) groups is 2. The fourth-order valence-corrected chi connectivity index (χ4v) is 4.48. The average Bonchev–Trinajstić information content (AvgIpc) is 3.29. The van der Waals surface area contributed by atoms with E-state index < -0.39 is 0 Å². The van der Waals surface area contributed by atoms with Crippen LogP contribution in [-0.4, -0.2) is 34.8 Å². The van der Waals surface area contributed by atoms with Crippen LogP contribution in [0.2, 0.25) is 5.02 Å². The van der Waals surface area contributed by atoms with Gasteiger partial charge in [0.05, 0.1) is 0 Å². The van der Waals surface area contributed by atoms with E-state index in [1.54, 1.807) is 6.20 Å². The lowest BCUT2D eigenvalue weighted by atomic mass is 9.95. The van der Waals surface area contributed by atoms with Crippen molar-refractivity contribution in [1.82, 2.24) is 9.88 Å². The molecule has 1 aliphatic heterocycles. The molecule has 2 atom stereocenters. The number of thiazole rings is 1. The minimum absolute atomic E-state index is 0.00687. The molecule has 1 saturated heterocycles. The van der Waals surface area contributed by atoms with Gasteiger partial charge in [0, 0.05) is 41.5 Å². The highest BCUT2D eigenvalue weighted by Gasteiger charge is 2.47. The Morgan fingerprint density at radius 3 is 2.69 bits per heavy atom. The topological polar surface area (TPSA) is 62.3 Å². The van der Waals surface area contributed by atoms with Crippen molar-refractivity contribution in [2.45, 2.75) is 25.2 Å². The molecule has 2 aromatic rings. The fourth-order valence-electron chi connectivity index (χ4n) is 3.68. The summed E-state index contributed by atoms with van der Waals surface area (Å²) in [6.07, 6.45) is 3.94. The molecule has 1 aromatic heterocycles. The number of halogens is 1. The lowest BCUT2D eigenvalue weighted by Gasteiger charge is -2.31. The van der Waals surface area contributed by atoms with Crippen LogP contribution in [0.15, 0.2) is 35.8 Å². The van der Waals surface area contributed by atoms with E-state index in [4.69, 9.17) is 11.6 Å². The van der Waals surface area contributed by atoms with Crippen LogP contribution in [-0.2, 0) is 9.59 Å². The van der Waals surface area contributed by atoms with Crippen molar-refractivity contribution in [2.75, 3.05) is 18.4 Å². The molecular formula is C19H20ClN3O2S. The van der Waals surface area contributed by atoms with Crippen LogP contribution < -0.4 is 5.32 Å². The molecule has 7 heteroatoms. The minimum atomic E-state index is -0.0542. The zero-order valence-electron chi connectivity index (χ0n) is 14.2. The van der Waals surface area contributed by atoms with Crippen molar-refractivity contribution < 1.29 is 9.59 Å². The summed E-state index contributed by atoms with van der Waals surface area (Å²) in [4.78, 5) is 31.1. The number of rotatable bonds is 4. The van der Waals surface area contributed by atoms with Crippen LogP contribution in [0.4, 0.5) is 5.13 Å². The first-order valence-electron chi connectivity index (χ1n) is 8.87. The van der Waals surface area contributed by atoms with Crippen molar-refractivity contribution in [2.24, 2.45) is 11.8 Å². The normalized spacial score (nSPS) is 22.9. The molecule has 0 radical (unpaired) electrons. The van der Waals surface area contributed by atoms with E-state index in [9.17, 15) is 9.59 Å². The van der Waals surface area contributed by atoms with Gasteiger partial charge in [-0.25, -0.2) is 4.98 Å². The van der Waals surface area contributed by atoms with Gasteiger partial charge in [-0.15, -0.1) is 11.3 Å². The van der Waals surface area contributed by atoms with Gasteiger partial charge < -0.3 is 10.2 Å². The number of carbonyl (C=O) groups excluding carboxylic acids is 2. The predicted octanol–water partition coefficient (Wildman–Crippen LogP) is 3.78. The first-order chi connectivity index (χ1) is 12.6. The van der Waals surface area contributed by atoms with Crippen LogP contribution in [0.3, 0.4) is 0 Å². The van der Waals surface area contributed by atoms with E-state index >= 15 is 0 Å². The summed E-state index contributed by atoms with van der Waals surface area (Å²) in [6, 6.07) is 7.76. The molecule has 136 valence electrons. The monoisotopic (exact) mass is 389 g/mol. The maximum absolute atomic E-state index is 12.8. The number of benzene rings is 1. The summed E-state index contributed by atoms with van der Waals surface area (Å²) in [5.41, 5.74) is 1.07. The number of likely N-dealkylation sites (tertiary alicyclic amines) is 1. The Hall–Kier alpha value is -1.92. The molecule has 0 spiro atoms. The second-order valence-electron chi connectivity index (χ2n) is 6.90. The van der Waals surface area contributed by atoms with Gasteiger partial charge in [-0.05, 0) is 36.8 Å². The van der Waals surface area contributed by atoms with Crippen LogP contribution >= 0.6 is 22.9 Å². The zero-order chi connectivity index (χ0) is 18.1. The maximum Gasteiger partial charge on any atom is 0.229 e. The molecule has 2 aliphatic rings. The summed E-state index contributed by atoms with van der Waals surface area (Å²) in [7, 11) is 0. The number of nitrogens with zero attached hydrogens (tertiary/aromatic N) is 2. The number of aromatic nitrogens is 1.